The van der Waals surface area contributed by atoms with Crippen molar-refractivity contribution in [3.8, 4) is 56.3 Å². The van der Waals surface area contributed by atoms with E-state index in [0.29, 0.717) is 11.4 Å². The quantitative estimate of drug-likeness (QED) is 0.200. The lowest BCUT2D eigenvalue weighted by molar-refractivity contribution is 0.477. The molecule has 0 atom stereocenters. The molecule has 5 heteroatoms. The summed E-state index contributed by atoms with van der Waals surface area (Å²) in [5.41, 5.74) is 11.0. The molecule has 0 saturated heterocycles. The van der Waals surface area contributed by atoms with Gasteiger partial charge < -0.3 is 9.52 Å². The average Bonchev–Trinajstić information content (AvgIpc) is 3.77. The fraction of sp³-hybridized carbons (Fsp3) is 0. The number of phenolic OH excluding ortho intramolecular Hbond substituents is 1. The van der Waals surface area contributed by atoms with Gasteiger partial charge in [-0.3, -0.25) is 9.55 Å². The third kappa shape index (κ3) is 4.78. The first-order chi connectivity index (χ1) is 25.2. The molecule has 51 heavy (non-hydrogen) atoms. The van der Waals surface area contributed by atoms with Gasteiger partial charge in [-0.05, 0) is 76.7 Å². The van der Waals surface area contributed by atoms with Crippen LogP contribution in [0.3, 0.4) is 0 Å². The lowest BCUT2D eigenvalue weighted by Crippen LogP contribution is -1.97. The summed E-state index contributed by atoms with van der Waals surface area (Å²) in [6.07, 6.45) is 1.93. The normalized spacial score (nSPS) is 11.6. The molecule has 3 heterocycles. The van der Waals surface area contributed by atoms with Crippen LogP contribution in [-0.4, -0.2) is 19.6 Å². The largest absolute Gasteiger partial charge is 0.507 e. The van der Waals surface area contributed by atoms with Crippen molar-refractivity contribution >= 4 is 43.7 Å². The van der Waals surface area contributed by atoms with Gasteiger partial charge in [-0.2, -0.15) is 0 Å². The first kappa shape index (κ1) is 29.0. The summed E-state index contributed by atoms with van der Waals surface area (Å²) in [4.78, 5) is 10.3. The Morgan fingerprint density at radius 1 is 0.529 bits per heavy atom. The van der Waals surface area contributed by atoms with Gasteiger partial charge in [0, 0.05) is 45.2 Å². The number of furan rings is 1. The summed E-state index contributed by atoms with van der Waals surface area (Å²) in [6, 6.07) is 55.5. The zero-order chi connectivity index (χ0) is 33.9. The number of aromatic nitrogens is 3. The molecule has 0 spiro atoms. The number of aromatic hydroxyl groups is 1. The third-order valence-corrected chi connectivity index (χ3v) is 9.74. The van der Waals surface area contributed by atoms with E-state index in [1.165, 1.54) is 0 Å². The van der Waals surface area contributed by atoms with Crippen molar-refractivity contribution in [2.45, 2.75) is 0 Å². The number of fused-ring (bicyclic) bond motifs is 6. The molecular weight excluding hydrogens is 627 g/mol. The Morgan fingerprint density at radius 3 is 2.12 bits per heavy atom. The molecule has 0 bridgehead atoms. The Bertz CT molecular complexity index is 2920. The number of para-hydroxylation sites is 3. The molecule has 0 aliphatic rings. The fourth-order valence-electron chi connectivity index (χ4n) is 7.30. The minimum atomic E-state index is 0.181. The molecule has 10 rings (SSSR count). The van der Waals surface area contributed by atoms with E-state index >= 15 is 0 Å². The maximum absolute atomic E-state index is 11.0. The van der Waals surface area contributed by atoms with E-state index in [4.69, 9.17) is 14.4 Å². The number of hydrogen-bond acceptors (Lipinski definition) is 4. The van der Waals surface area contributed by atoms with Crippen molar-refractivity contribution in [3.63, 3.8) is 0 Å². The summed E-state index contributed by atoms with van der Waals surface area (Å²) < 4.78 is 8.67. The molecule has 7 aromatic carbocycles. The highest BCUT2D eigenvalue weighted by Gasteiger charge is 2.20. The van der Waals surface area contributed by atoms with Gasteiger partial charge in [0.25, 0.3) is 0 Å². The first-order valence-corrected chi connectivity index (χ1v) is 17.0. The molecule has 1 N–H and O–H groups in total. The van der Waals surface area contributed by atoms with Gasteiger partial charge in [0.15, 0.2) is 0 Å². The van der Waals surface area contributed by atoms with Crippen LogP contribution in [0.4, 0.5) is 0 Å². The van der Waals surface area contributed by atoms with E-state index in [0.717, 1.165) is 82.9 Å². The van der Waals surface area contributed by atoms with Crippen molar-refractivity contribution in [1.82, 2.24) is 14.5 Å². The van der Waals surface area contributed by atoms with Crippen LogP contribution in [0, 0.1) is 0 Å². The van der Waals surface area contributed by atoms with Crippen molar-refractivity contribution in [2.24, 2.45) is 0 Å². The zero-order valence-corrected chi connectivity index (χ0v) is 27.4. The van der Waals surface area contributed by atoms with Gasteiger partial charge >= 0.3 is 0 Å². The van der Waals surface area contributed by atoms with E-state index in [2.05, 4.69) is 108 Å². The predicted octanol–water partition coefficient (Wildman–Crippen LogP) is 11.8. The Kier molecular flexibility index (Phi) is 6.58. The summed E-state index contributed by atoms with van der Waals surface area (Å²) in [7, 11) is 0. The lowest BCUT2D eigenvalue weighted by atomic mass is 9.94. The van der Waals surface area contributed by atoms with Gasteiger partial charge in [0.2, 0.25) is 0 Å². The average molecular weight is 656 g/mol. The Labute approximate surface area is 293 Å². The number of benzene rings is 7. The van der Waals surface area contributed by atoms with E-state index in [9.17, 15) is 5.11 Å². The molecule has 240 valence electrons. The fourth-order valence-corrected chi connectivity index (χ4v) is 7.30. The minimum Gasteiger partial charge on any atom is -0.507 e. The number of hydrogen-bond donors (Lipinski definition) is 1. The van der Waals surface area contributed by atoms with Crippen molar-refractivity contribution in [1.29, 1.82) is 0 Å². The van der Waals surface area contributed by atoms with Crippen LogP contribution >= 0.6 is 0 Å². The second-order valence-electron chi connectivity index (χ2n) is 12.8. The highest BCUT2D eigenvalue weighted by molar-refractivity contribution is 6.15. The van der Waals surface area contributed by atoms with Gasteiger partial charge in [-0.15, -0.1) is 0 Å². The Morgan fingerprint density at radius 2 is 1.25 bits per heavy atom. The maximum atomic E-state index is 11.0. The standard InChI is InChI=1S/C46H29N3O2/c50-42-21-10-9-18-38(42)46-48-44-35(19-11-20-41(44)49(46)34-15-5-2-6-16-34)32-24-31(29-12-3-1-4-13-29)25-33(26-32)40-27-43-39(28-47-40)37-23-22-30-14-7-8-17-36(30)45(37)51-43/h1-28,50H. The molecule has 10 aromatic rings. The van der Waals surface area contributed by atoms with Crippen LogP contribution in [0.25, 0.3) is 94.3 Å². The molecule has 0 radical (unpaired) electrons. The van der Waals surface area contributed by atoms with E-state index in [1.54, 1.807) is 6.07 Å². The maximum Gasteiger partial charge on any atom is 0.149 e. The van der Waals surface area contributed by atoms with Gasteiger partial charge in [0.1, 0.15) is 22.7 Å². The molecule has 0 saturated carbocycles. The Hall–Kier alpha value is -6.98. The number of phenols is 1. The van der Waals surface area contributed by atoms with Crippen LogP contribution in [-0.2, 0) is 0 Å². The predicted molar refractivity (Wildman–Crippen MR) is 207 cm³/mol. The number of pyridine rings is 1. The monoisotopic (exact) mass is 655 g/mol. The number of imidazole rings is 1. The van der Waals surface area contributed by atoms with Crippen molar-refractivity contribution < 1.29 is 9.52 Å². The van der Waals surface area contributed by atoms with Crippen LogP contribution < -0.4 is 0 Å². The summed E-state index contributed by atoms with van der Waals surface area (Å²) >= 11 is 0. The second-order valence-corrected chi connectivity index (χ2v) is 12.8. The SMILES string of the molecule is Oc1ccccc1-c1nc2c(-c3cc(-c4ccccc4)cc(-c4cc5oc6c7ccccc7ccc6c5cn4)c3)cccc2n1-c1ccccc1. The van der Waals surface area contributed by atoms with Crippen LogP contribution in [0.1, 0.15) is 0 Å². The molecule has 5 nitrogen and oxygen atoms in total. The van der Waals surface area contributed by atoms with E-state index < -0.39 is 0 Å². The lowest BCUT2D eigenvalue weighted by Gasteiger charge is -2.12. The highest BCUT2D eigenvalue weighted by atomic mass is 16.3. The molecule has 0 aliphatic carbocycles. The van der Waals surface area contributed by atoms with Crippen molar-refractivity contribution in [3.05, 3.63) is 170 Å². The summed E-state index contributed by atoms with van der Waals surface area (Å²) in [5, 5.41) is 15.3. The van der Waals surface area contributed by atoms with Crippen LogP contribution in [0.5, 0.6) is 5.75 Å². The highest BCUT2D eigenvalue weighted by Crippen LogP contribution is 2.40. The van der Waals surface area contributed by atoms with Gasteiger partial charge in [-0.1, -0.05) is 103 Å². The molecular formula is C46H29N3O2. The smallest absolute Gasteiger partial charge is 0.149 e. The first-order valence-electron chi connectivity index (χ1n) is 17.0. The van der Waals surface area contributed by atoms with Gasteiger partial charge in [-0.25, -0.2) is 4.98 Å². The zero-order valence-electron chi connectivity index (χ0n) is 27.4. The Balaban J connectivity index is 1.20. The van der Waals surface area contributed by atoms with Crippen LogP contribution in [0.2, 0.25) is 0 Å². The van der Waals surface area contributed by atoms with Crippen molar-refractivity contribution in [2.75, 3.05) is 0 Å². The number of nitrogens with zero attached hydrogens (tertiary/aromatic N) is 3. The molecule has 0 unspecified atom stereocenters. The van der Waals surface area contributed by atoms with E-state index in [1.807, 2.05) is 60.8 Å². The summed E-state index contributed by atoms with van der Waals surface area (Å²) in [6.45, 7) is 0. The molecule has 0 fully saturated rings. The summed E-state index contributed by atoms with van der Waals surface area (Å²) in [5.74, 6) is 0.852. The second kappa shape index (κ2) is 11.6. The van der Waals surface area contributed by atoms with Gasteiger partial charge in [0.05, 0.1) is 22.3 Å². The van der Waals surface area contributed by atoms with E-state index in [-0.39, 0.29) is 5.75 Å². The molecule has 0 aliphatic heterocycles. The minimum absolute atomic E-state index is 0.181. The van der Waals surface area contributed by atoms with Crippen LogP contribution in [0.15, 0.2) is 174 Å². The number of rotatable bonds is 5. The molecule has 0 amide bonds. The third-order valence-electron chi connectivity index (χ3n) is 9.74. The molecule has 3 aromatic heterocycles. The topological polar surface area (TPSA) is 64.1 Å².